The van der Waals surface area contributed by atoms with Crippen molar-refractivity contribution in [3.05, 3.63) is 0 Å². The summed E-state index contributed by atoms with van der Waals surface area (Å²) in [4.78, 5) is 109. The van der Waals surface area contributed by atoms with Crippen LogP contribution in [0, 0.1) is 0 Å². The van der Waals surface area contributed by atoms with Crippen LogP contribution in [-0.4, -0.2) is 124 Å². The average molecular weight is 513 g/mol. The fourth-order valence-corrected chi connectivity index (χ4v) is 15.3. The van der Waals surface area contributed by atoms with Gasteiger partial charge in [-0.3, -0.25) is 0 Å². The molecule has 0 spiro atoms. The predicted molar refractivity (Wildman–Crippen MR) is 84.7 cm³/mol. The van der Waals surface area contributed by atoms with Crippen LogP contribution in [0.2, 0.25) is 0 Å². The molecule has 0 fully saturated rings. The highest BCUT2D eigenvalue weighted by molar-refractivity contribution is 6.86. The summed E-state index contributed by atoms with van der Waals surface area (Å²) in [5.74, 6) is 0. The van der Waals surface area contributed by atoms with Gasteiger partial charge in [0.2, 0.25) is 0 Å². The first-order valence-corrected chi connectivity index (χ1v) is 17.1. The van der Waals surface area contributed by atoms with E-state index in [1.807, 2.05) is 0 Å². The van der Waals surface area contributed by atoms with Crippen LogP contribution in [0.5, 0.6) is 0 Å². The number of rotatable bonds is 12. The summed E-state index contributed by atoms with van der Waals surface area (Å²) in [6, 6.07) is 0. The molecule has 0 rings (SSSR count). The highest BCUT2D eigenvalue weighted by Crippen LogP contribution is 2.24. The molecule has 0 aromatic carbocycles. The van der Waals surface area contributed by atoms with E-state index in [0.29, 0.717) is 0 Å². The van der Waals surface area contributed by atoms with Crippen molar-refractivity contribution < 1.29 is 78.1 Å². The minimum Gasteiger partial charge on any atom is -0.372 e. The molecule has 0 aliphatic heterocycles. The lowest BCUT2D eigenvalue weighted by atomic mass is 11.5. The van der Waals surface area contributed by atoms with E-state index in [9.17, 15) is 0 Å². The van der Waals surface area contributed by atoms with Gasteiger partial charge in [0.05, 0.1) is 12.3 Å². The molecule has 0 unspecified atom stereocenters. The fourth-order valence-electron chi connectivity index (χ4n) is 1.45. The molecular formula is C2H20N2O17Si6. The Kier molecular flexibility index (Phi) is 9.32. The Labute approximate surface area is 156 Å². The van der Waals surface area contributed by atoms with Crippen molar-refractivity contribution in [1.82, 2.24) is 0 Å². The molecule has 16 N–H and O–H groups in total. The molecule has 164 valence electrons. The normalized spacial score (nSPS) is 15.3. The summed E-state index contributed by atoms with van der Waals surface area (Å²) >= 11 is 0. The molecule has 0 saturated heterocycles. The molecule has 0 amide bonds. The van der Waals surface area contributed by atoms with Gasteiger partial charge >= 0.3 is 53.8 Å². The molecule has 19 nitrogen and oxygen atoms in total. The van der Waals surface area contributed by atoms with Crippen LogP contribution in [0.1, 0.15) is 0 Å². The van der Waals surface area contributed by atoms with Crippen molar-refractivity contribution >= 4 is 53.8 Å². The zero-order valence-electron chi connectivity index (χ0n) is 13.0. The van der Waals surface area contributed by atoms with Crippen LogP contribution in [-0.2, 0) is 20.6 Å². The zero-order chi connectivity index (χ0) is 21.9. The topological polar surface area (TPSA) is 341 Å². The first-order chi connectivity index (χ1) is 11.7. The van der Waals surface area contributed by atoms with Crippen molar-refractivity contribution in [3.8, 4) is 0 Å². The van der Waals surface area contributed by atoms with Gasteiger partial charge in [-0.05, 0) is 0 Å². The van der Waals surface area contributed by atoms with E-state index in [2.05, 4.69) is 16.5 Å². The van der Waals surface area contributed by atoms with Crippen molar-refractivity contribution in [2.45, 2.75) is 0 Å². The average Bonchev–Trinajstić information content (AvgIpc) is 2.29. The molecule has 0 aromatic heterocycles. The summed E-state index contributed by atoms with van der Waals surface area (Å²) in [5.41, 5.74) is 10.4. The lowest BCUT2D eigenvalue weighted by molar-refractivity contribution is 0.0218. The highest BCUT2D eigenvalue weighted by Gasteiger charge is 2.65. The molecular weight excluding hydrogens is 493 g/mol. The van der Waals surface area contributed by atoms with Crippen molar-refractivity contribution in [2.75, 3.05) is 12.3 Å². The molecule has 0 saturated carbocycles. The van der Waals surface area contributed by atoms with Crippen LogP contribution in [0.3, 0.4) is 0 Å². The third kappa shape index (κ3) is 12.0. The van der Waals surface area contributed by atoms with Gasteiger partial charge in [0, 0.05) is 0 Å². The Bertz CT molecular complexity index is 390. The third-order valence-corrected chi connectivity index (χ3v) is 14.8. The zero-order valence-corrected chi connectivity index (χ0v) is 19.0. The highest BCUT2D eigenvalue weighted by atomic mass is 28.6. The van der Waals surface area contributed by atoms with Gasteiger partial charge in [-0.15, -0.1) is 0 Å². The van der Waals surface area contributed by atoms with Gasteiger partial charge in [0.25, 0.3) is 0 Å². The number of hydrogen-bond acceptors (Lipinski definition) is 19. The summed E-state index contributed by atoms with van der Waals surface area (Å²) in [5, 5.41) is 0. The van der Waals surface area contributed by atoms with Gasteiger partial charge in [0.15, 0.2) is 0 Å². The second-order valence-electron chi connectivity index (χ2n) is 4.58. The van der Waals surface area contributed by atoms with Gasteiger partial charge in [-0.25, -0.2) is 0 Å². The second kappa shape index (κ2) is 9.13. The third-order valence-electron chi connectivity index (χ3n) is 1.98. The number of nitrogens with two attached hydrogens (primary N) is 2. The van der Waals surface area contributed by atoms with Gasteiger partial charge in [0.1, 0.15) is 0 Å². The van der Waals surface area contributed by atoms with E-state index in [4.69, 9.17) is 73.1 Å². The predicted octanol–water partition coefficient (Wildman–Crippen LogP) is -10.4. The van der Waals surface area contributed by atoms with Crippen LogP contribution in [0.25, 0.3) is 0 Å². The smallest absolute Gasteiger partial charge is 0.372 e. The first kappa shape index (κ1) is 27.5. The molecule has 0 aromatic rings. The Morgan fingerprint density at radius 2 is 0.593 bits per heavy atom. The SMILES string of the molecule is NC[Si](O[Si](O)(O)O)(O[Si](O)(O)O)O[Si](CN)(O[Si](O)(O)O)O[Si](O)(O)O. The van der Waals surface area contributed by atoms with E-state index >= 15 is 0 Å². The van der Waals surface area contributed by atoms with Crippen molar-refractivity contribution in [3.63, 3.8) is 0 Å². The first-order valence-electron chi connectivity index (χ1n) is 6.25. The van der Waals surface area contributed by atoms with Crippen molar-refractivity contribution in [2.24, 2.45) is 11.5 Å². The van der Waals surface area contributed by atoms with E-state index in [1.165, 1.54) is 0 Å². The van der Waals surface area contributed by atoms with Crippen molar-refractivity contribution in [1.29, 1.82) is 0 Å². The maximum absolute atomic E-state index is 9.06. The minimum atomic E-state index is -5.70. The van der Waals surface area contributed by atoms with Gasteiger partial charge < -0.3 is 89.6 Å². The summed E-state index contributed by atoms with van der Waals surface area (Å²) < 4.78 is 21.7. The van der Waals surface area contributed by atoms with E-state index in [1.54, 1.807) is 0 Å². The molecule has 0 bridgehead atoms. The van der Waals surface area contributed by atoms with E-state index in [0.717, 1.165) is 0 Å². The Morgan fingerprint density at radius 3 is 0.704 bits per heavy atom. The minimum absolute atomic E-state index is 1.25. The molecule has 0 atom stereocenters. The maximum atomic E-state index is 9.06. The summed E-state index contributed by atoms with van der Waals surface area (Å²) in [6.45, 7) is 0. The standard InChI is InChI=1S/C2H20N2O17Si6/c3-1-22(18-24(5,6)7,19-25(8,9)10)17-23(2-4,20-26(11,12)13)21-27(14,15)16/h5-16H,1-4H2. The quantitative estimate of drug-likeness (QED) is 0.108. The van der Waals surface area contributed by atoms with E-state index in [-0.39, 0.29) is 0 Å². The second-order valence-corrected chi connectivity index (χ2v) is 16.8. The Balaban J connectivity index is 6.22. The Morgan fingerprint density at radius 1 is 0.407 bits per heavy atom. The fraction of sp³-hybridized carbons (Fsp3) is 1.00. The molecule has 25 heteroatoms. The van der Waals surface area contributed by atoms with Crippen LogP contribution >= 0.6 is 0 Å². The molecule has 0 heterocycles. The molecule has 0 aliphatic carbocycles. The molecule has 0 aliphatic rings. The van der Waals surface area contributed by atoms with Gasteiger partial charge in [-0.2, -0.15) is 0 Å². The summed E-state index contributed by atoms with van der Waals surface area (Å²) in [7, 11) is -33.6. The lowest BCUT2D eigenvalue weighted by Gasteiger charge is -2.40. The van der Waals surface area contributed by atoms with Crippen LogP contribution < -0.4 is 11.5 Å². The molecule has 27 heavy (non-hydrogen) atoms. The Hall–Kier alpha value is 0.541. The maximum Gasteiger partial charge on any atom is 0.663 e. The lowest BCUT2D eigenvalue weighted by Crippen LogP contribution is -2.74. The summed E-state index contributed by atoms with van der Waals surface area (Å²) in [6.07, 6.45) is -2.51. The molecule has 0 radical (unpaired) electrons. The van der Waals surface area contributed by atoms with Crippen LogP contribution in [0.15, 0.2) is 0 Å². The van der Waals surface area contributed by atoms with Gasteiger partial charge in [-0.1, -0.05) is 0 Å². The number of hydrogen-bond donors (Lipinski definition) is 14. The largest absolute Gasteiger partial charge is 0.663 e. The van der Waals surface area contributed by atoms with Crippen LogP contribution in [0.4, 0.5) is 0 Å². The van der Waals surface area contributed by atoms with E-state index < -0.39 is 66.1 Å². The monoisotopic (exact) mass is 512 g/mol.